The Hall–Kier alpha value is -4.71. The smallest absolute Gasteiger partial charge is 0.282 e. The Kier molecular flexibility index (Phi) is 9.18. The van der Waals surface area contributed by atoms with Gasteiger partial charge in [0.15, 0.2) is 17.3 Å². The van der Waals surface area contributed by atoms with Crippen molar-refractivity contribution in [3.05, 3.63) is 99.2 Å². The fraction of sp³-hybridized carbons (Fsp3) is 0.314. The number of nitrogens with zero attached hydrogens (tertiary/aromatic N) is 4. The zero-order chi connectivity index (χ0) is 32.2. The van der Waals surface area contributed by atoms with Gasteiger partial charge in [-0.2, -0.15) is 0 Å². The molecule has 242 valence electrons. The molecule has 5 aromatic rings. The van der Waals surface area contributed by atoms with Crippen LogP contribution in [-0.4, -0.2) is 64.8 Å². The van der Waals surface area contributed by atoms with Gasteiger partial charge in [-0.3, -0.25) is 14.3 Å². The maximum Gasteiger partial charge on any atom is 0.282 e. The van der Waals surface area contributed by atoms with Crippen LogP contribution in [0.3, 0.4) is 0 Å². The van der Waals surface area contributed by atoms with Crippen molar-refractivity contribution in [1.29, 1.82) is 0 Å². The van der Waals surface area contributed by atoms with Gasteiger partial charge < -0.3 is 23.7 Å². The van der Waals surface area contributed by atoms with E-state index in [-0.39, 0.29) is 29.2 Å². The van der Waals surface area contributed by atoms with E-state index in [4.69, 9.17) is 35.3 Å². The molecule has 0 N–H and O–H groups in total. The number of ether oxygens (including phenoxy) is 5. The molecule has 11 nitrogen and oxygen atoms in total. The van der Waals surface area contributed by atoms with Gasteiger partial charge in [0.1, 0.15) is 30.9 Å². The second kappa shape index (κ2) is 14.0. The topological polar surface area (TPSA) is 116 Å². The molecule has 12 heteroatoms. The van der Waals surface area contributed by atoms with Crippen LogP contribution in [0.15, 0.2) is 71.8 Å². The van der Waals surface area contributed by atoms with E-state index in [1.807, 2.05) is 35.0 Å². The molecule has 47 heavy (non-hydrogen) atoms. The summed E-state index contributed by atoms with van der Waals surface area (Å²) in [5, 5.41) is 0.897. The summed E-state index contributed by atoms with van der Waals surface area (Å²) in [5.41, 5.74) is 2.75. The van der Waals surface area contributed by atoms with Gasteiger partial charge in [-0.25, -0.2) is 14.6 Å². The molecule has 0 aliphatic carbocycles. The molecule has 2 aliphatic heterocycles. The van der Waals surface area contributed by atoms with Gasteiger partial charge in [0.25, 0.3) is 5.56 Å². The van der Waals surface area contributed by atoms with Gasteiger partial charge in [-0.1, -0.05) is 35.9 Å². The first-order chi connectivity index (χ1) is 23.1. The van der Waals surface area contributed by atoms with Gasteiger partial charge >= 0.3 is 0 Å². The minimum absolute atomic E-state index is 0.0235. The summed E-state index contributed by atoms with van der Waals surface area (Å²) in [5.74, 6) is 1.42. The van der Waals surface area contributed by atoms with E-state index in [1.165, 1.54) is 6.33 Å². The Labute approximate surface area is 275 Å². The highest BCUT2D eigenvalue weighted by Crippen LogP contribution is 2.38. The lowest BCUT2D eigenvalue weighted by atomic mass is 9.99. The van der Waals surface area contributed by atoms with Crippen LogP contribution in [0.5, 0.6) is 23.1 Å². The van der Waals surface area contributed by atoms with Crippen molar-refractivity contribution in [3.8, 4) is 28.8 Å². The van der Waals surface area contributed by atoms with Crippen molar-refractivity contribution >= 4 is 28.3 Å². The zero-order valence-electron chi connectivity index (χ0n) is 25.7. The maximum absolute atomic E-state index is 13.7. The number of hydrogen-bond donors (Lipinski definition) is 0. The lowest BCUT2D eigenvalue weighted by Crippen LogP contribution is -2.24. The van der Waals surface area contributed by atoms with Gasteiger partial charge in [-0.15, -0.1) is 0 Å². The number of aromatic nitrogens is 4. The van der Waals surface area contributed by atoms with Gasteiger partial charge in [0, 0.05) is 19.0 Å². The van der Waals surface area contributed by atoms with Crippen molar-refractivity contribution in [2.75, 3.05) is 39.6 Å². The number of carbonyl (C=O) groups is 1. The molecule has 0 saturated carbocycles. The van der Waals surface area contributed by atoms with Crippen molar-refractivity contribution in [2.24, 2.45) is 0 Å². The van der Waals surface area contributed by atoms with Crippen molar-refractivity contribution < 1.29 is 28.5 Å². The molecular formula is C35H33ClN4O7. The maximum atomic E-state index is 13.7. The fourth-order valence-electron chi connectivity index (χ4n) is 5.94. The Morgan fingerprint density at radius 3 is 2.38 bits per heavy atom. The lowest BCUT2D eigenvalue weighted by Gasteiger charge is -2.19. The third-order valence-corrected chi connectivity index (χ3v) is 8.43. The van der Waals surface area contributed by atoms with Gasteiger partial charge in [-0.05, 0) is 55.2 Å². The number of benzene rings is 3. The molecule has 2 aromatic heterocycles. The molecule has 0 amide bonds. The summed E-state index contributed by atoms with van der Waals surface area (Å²) in [6.45, 7) is 3.15. The molecule has 3 aromatic carbocycles. The first-order valence-corrected chi connectivity index (χ1v) is 16.0. The summed E-state index contributed by atoms with van der Waals surface area (Å²) in [7, 11) is 0. The normalized spacial score (nSPS) is 15.3. The second-order valence-corrected chi connectivity index (χ2v) is 11.6. The van der Waals surface area contributed by atoms with Crippen molar-refractivity contribution in [1.82, 2.24) is 19.3 Å². The summed E-state index contributed by atoms with van der Waals surface area (Å²) < 4.78 is 32.7. The number of para-hydroxylation sites is 1. The Bertz CT molecular complexity index is 1970. The third-order valence-electron chi connectivity index (χ3n) is 8.14. The number of fused-ring (bicyclic) bond motifs is 3. The third kappa shape index (κ3) is 6.60. The predicted molar refractivity (Wildman–Crippen MR) is 175 cm³/mol. The molecule has 0 saturated heterocycles. The summed E-state index contributed by atoms with van der Waals surface area (Å²) in [4.78, 5) is 36.1. The average Bonchev–Trinajstić information content (AvgIpc) is 3.38. The minimum Gasteiger partial charge on any atom is -0.487 e. The number of Topliss-reactive ketones (excluding diaryl/α,β-unsaturated/α-hetero) is 1. The lowest BCUT2D eigenvalue weighted by molar-refractivity contribution is 0.0224. The number of halogens is 1. The summed E-state index contributed by atoms with van der Waals surface area (Å²) in [6, 6.07) is 18.1. The van der Waals surface area contributed by atoms with Crippen molar-refractivity contribution in [3.63, 3.8) is 0 Å². The largest absolute Gasteiger partial charge is 0.487 e. The van der Waals surface area contributed by atoms with E-state index in [0.717, 1.165) is 24.2 Å². The van der Waals surface area contributed by atoms with E-state index < -0.39 is 0 Å². The Morgan fingerprint density at radius 1 is 0.872 bits per heavy atom. The van der Waals surface area contributed by atoms with Crippen LogP contribution in [0.25, 0.3) is 16.6 Å². The number of ketones is 1. The molecule has 0 fully saturated rings. The molecule has 0 bridgehead atoms. The first-order valence-electron chi connectivity index (χ1n) is 15.7. The highest BCUT2D eigenvalue weighted by Gasteiger charge is 2.27. The van der Waals surface area contributed by atoms with E-state index >= 15 is 0 Å². The van der Waals surface area contributed by atoms with Crippen LogP contribution < -0.4 is 19.8 Å². The van der Waals surface area contributed by atoms with Crippen LogP contribution in [0.4, 0.5) is 0 Å². The van der Waals surface area contributed by atoms with E-state index in [9.17, 15) is 9.59 Å². The Balaban J connectivity index is 1.13. The number of hydrogen-bond acceptors (Lipinski definition) is 9. The molecular weight excluding hydrogens is 624 g/mol. The molecule has 0 radical (unpaired) electrons. The molecule has 4 heterocycles. The highest BCUT2D eigenvalue weighted by atomic mass is 35.5. The predicted octanol–water partition coefficient (Wildman–Crippen LogP) is 5.59. The molecule has 7 rings (SSSR count). The van der Waals surface area contributed by atoms with Crippen LogP contribution in [0.1, 0.15) is 34.5 Å². The van der Waals surface area contributed by atoms with Gasteiger partial charge in [0.05, 0.1) is 53.7 Å². The quantitative estimate of drug-likeness (QED) is 0.216. The molecule has 0 unspecified atom stereocenters. The standard InChI is InChI=1S/C35H33ClN4O7/c36-26-18-23(19-29(41)33-28-8-4-5-11-39(28)40(35(33)42)24-6-2-1-3-7-24)9-10-30(26)47-34-25-20-31-32(21-27(25)37-22-38-34)46-17-15-44-13-12-43-14-16-45-31/h1-3,6-7,9-10,18,20-22H,4-5,8,11-17,19H2. The molecule has 0 spiro atoms. The first kappa shape index (κ1) is 30.9. The number of rotatable bonds is 6. The van der Waals surface area contributed by atoms with Crippen LogP contribution >= 0.6 is 11.6 Å². The SMILES string of the molecule is O=C(Cc1ccc(Oc2ncnc3cc4c(cc23)OCCOCCOCCO4)c(Cl)c1)c1c2n(n(-c3ccccc3)c1=O)CCCC2. The van der Waals surface area contributed by atoms with E-state index in [2.05, 4.69) is 9.97 Å². The minimum atomic E-state index is -0.291. The van der Waals surface area contributed by atoms with Crippen LogP contribution in [-0.2, 0) is 28.9 Å². The number of carbonyl (C=O) groups excluding carboxylic acids is 1. The van der Waals surface area contributed by atoms with Crippen LogP contribution in [0, 0.1) is 0 Å². The fourth-order valence-corrected chi connectivity index (χ4v) is 6.18. The molecule has 0 atom stereocenters. The van der Waals surface area contributed by atoms with Crippen molar-refractivity contribution in [2.45, 2.75) is 32.2 Å². The highest BCUT2D eigenvalue weighted by molar-refractivity contribution is 6.32. The van der Waals surface area contributed by atoms with Crippen LogP contribution in [0.2, 0.25) is 5.02 Å². The summed E-state index contributed by atoms with van der Waals surface area (Å²) >= 11 is 6.69. The van der Waals surface area contributed by atoms with E-state index in [0.29, 0.717) is 91.3 Å². The molecule has 2 aliphatic rings. The Morgan fingerprint density at radius 2 is 1.62 bits per heavy atom. The summed E-state index contributed by atoms with van der Waals surface area (Å²) in [6.07, 6.45) is 3.99. The average molecular weight is 657 g/mol. The zero-order valence-corrected chi connectivity index (χ0v) is 26.4. The second-order valence-electron chi connectivity index (χ2n) is 11.2. The van der Waals surface area contributed by atoms with E-state index in [1.54, 1.807) is 35.0 Å². The monoisotopic (exact) mass is 656 g/mol. The van der Waals surface area contributed by atoms with Gasteiger partial charge in [0.2, 0.25) is 5.88 Å².